The fourth-order valence-corrected chi connectivity index (χ4v) is 6.82. The van der Waals surface area contributed by atoms with Gasteiger partial charge in [0.2, 0.25) is 0 Å². The standard InChI is InChI=1S/C49H53N4O.Pt/c1-46(2,3)35-24-36(47(4,5)6)26-40(25-35)51-33-52(45-23-16-15-22-44(45)51)41-27-37(48(7,8)9)28-43(30-41)54-42-21-17-20-39(29-42)53-32-38(31-50-53)49(10,11)34-18-13-12-14-19-34;/h12-28,31-33H,1-11H3;/q-3;. The average Bonchev–Trinajstić information content (AvgIpc) is 3.78. The third-order valence-corrected chi connectivity index (χ3v) is 10.5. The minimum atomic E-state index is -0.197. The molecule has 1 aromatic heterocycles. The van der Waals surface area contributed by atoms with E-state index < -0.39 is 0 Å². The summed E-state index contributed by atoms with van der Waals surface area (Å²) in [6.07, 6.45) is 4.03. The van der Waals surface area contributed by atoms with Crippen LogP contribution >= 0.6 is 0 Å². The number of ether oxygens (including phenoxy) is 1. The number of para-hydroxylation sites is 2. The quantitative estimate of drug-likeness (QED) is 0.149. The van der Waals surface area contributed by atoms with Crippen molar-refractivity contribution in [3.63, 3.8) is 0 Å². The van der Waals surface area contributed by atoms with E-state index in [-0.39, 0.29) is 42.7 Å². The Bertz CT molecular complexity index is 2250. The molecule has 0 atom stereocenters. The van der Waals surface area contributed by atoms with E-state index in [1.807, 2.05) is 35.1 Å². The number of aromatic nitrogens is 2. The molecule has 0 spiro atoms. The molecule has 0 aliphatic carbocycles. The van der Waals surface area contributed by atoms with Gasteiger partial charge in [-0.3, -0.25) is 4.68 Å². The second-order valence-electron chi connectivity index (χ2n) is 18.1. The topological polar surface area (TPSA) is 33.5 Å². The van der Waals surface area contributed by atoms with Crippen LogP contribution in [0.3, 0.4) is 0 Å². The fraction of sp³-hybridized carbons (Fsp3) is 0.306. The number of hydrogen-bond acceptors (Lipinski definition) is 4. The predicted octanol–water partition coefficient (Wildman–Crippen LogP) is 12.9. The van der Waals surface area contributed by atoms with Crippen molar-refractivity contribution in [3.05, 3.63) is 162 Å². The second kappa shape index (κ2) is 14.8. The van der Waals surface area contributed by atoms with E-state index in [0.29, 0.717) is 11.5 Å². The Morgan fingerprint density at radius 3 is 1.71 bits per heavy atom. The molecule has 1 aliphatic rings. The van der Waals surface area contributed by atoms with E-state index in [0.717, 1.165) is 39.6 Å². The normalized spacial score (nSPS) is 13.4. The number of fused-ring (bicyclic) bond motifs is 1. The van der Waals surface area contributed by atoms with E-state index in [4.69, 9.17) is 9.84 Å². The largest absolute Gasteiger partial charge is 0.509 e. The molecule has 2 heterocycles. The van der Waals surface area contributed by atoms with Crippen LogP contribution in [-0.2, 0) is 42.7 Å². The van der Waals surface area contributed by atoms with Crippen LogP contribution in [0, 0.1) is 18.8 Å². The molecule has 0 amide bonds. The minimum Gasteiger partial charge on any atom is -0.509 e. The molecule has 6 heteroatoms. The van der Waals surface area contributed by atoms with Crippen molar-refractivity contribution in [3.8, 4) is 17.2 Å². The summed E-state index contributed by atoms with van der Waals surface area (Å²) < 4.78 is 8.49. The van der Waals surface area contributed by atoms with Crippen molar-refractivity contribution in [1.82, 2.24) is 9.78 Å². The molecule has 6 aromatic rings. The van der Waals surface area contributed by atoms with Gasteiger partial charge >= 0.3 is 0 Å². The number of rotatable bonds is 7. The van der Waals surface area contributed by atoms with Crippen molar-refractivity contribution in [2.75, 3.05) is 9.80 Å². The molecule has 55 heavy (non-hydrogen) atoms. The summed E-state index contributed by atoms with van der Waals surface area (Å²) in [5.74, 6) is 1.23. The minimum absolute atomic E-state index is 0. The first-order chi connectivity index (χ1) is 25.4. The zero-order valence-corrected chi connectivity index (χ0v) is 36.3. The number of benzene rings is 5. The molecular formula is C49H53N4OPt-3. The zero-order chi connectivity index (χ0) is 38.6. The van der Waals surface area contributed by atoms with Gasteiger partial charge in [-0.25, -0.2) is 0 Å². The summed E-state index contributed by atoms with van der Waals surface area (Å²) in [5, 5.41) is 4.74. The van der Waals surface area contributed by atoms with Crippen LogP contribution in [0.1, 0.15) is 104 Å². The van der Waals surface area contributed by atoms with Gasteiger partial charge in [0, 0.05) is 66.8 Å². The Hall–Kier alpha value is -4.60. The van der Waals surface area contributed by atoms with Gasteiger partial charge in [0.25, 0.3) is 0 Å². The van der Waals surface area contributed by atoms with Crippen LogP contribution in [0.5, 0.6) is 11.5 Å². The van der Waals surface area contributed by atoms with Gasteiger partial charge in [0.05, 0.1) is 6.20 Å². The Kier molecular flexibility index (Phi) is 10.8. The average molecular weight is 909 g/mol. The molecule has 0 radical (unpaired) electrons. The molecule has 7 rings (SSSR count). The molecular weight excluding hydrogens is 856 g/mol. The zero-order valence-electron chi connectivity index (χ0n) is 34.1. The Labute approximate surface area is 343 Å². The smallest absolute Gasteiger partial charge is 0.0534 e. The Morgan fingerprint density at radius 1 is 0.527 bits per heavy atom. The van der Waals surface area contributed by atoms with Crippen LogP contribution in [-0.4, -0.2) is 9.78 Å². The molecule has 5 aromatic carbocycles. The van der Waals surface area contributed by atoms with Gasteiger partial charge in [-0.15, -0.1) is 54.3 Å². The van der Waals surface area contributed by atoms with Crippen molar-refractivity contribution in [1.29, 1.82) is 0 Å². The van der Waals surface area contributed by atoms with Crippen LogP contribution in [0.25, 0.3) is 5.69 Å². The Morgan fingerprint density at radius 2 is 1.09 bits per heavy atom. The number of anilines is 4. The van der Waals surface area contributed by atoms with E-state index in [1.54, 1.807) is 0 Å². The molecule has 0 N–H and O–H groups in total. The van der Waals surface area contributed by atoms with Crippen molar-refractivity contribution < 1.29 is 25.8 Å². The van der Waals surface area contributed by atoms with E-state index in [2.05, 4.69) is 190 Å². The third-order valence-electron chi connectivity index (χ3n) is 10.5. The number of hydrogen-bond donors (Lipinski definition) is 0. The third kappa shape index (κ3) is 8.33. The first kappa shape index (κ1) is 40.1. The monoisotopic (exact) mass is 908 g/mol. The van der Waals surface area contributed by atoms with Gasteiger partial charge in [-0.2, -0.15) is 11.2 Å². The van der Waals surface area contributed by atoms with E-state index >= 15 is 0 Å². The molecule has 1 aliphatic heterocycles. The van der Waals surface area contributed by atoms with Crippen LogP contribution in [0.15, 0.2) is 116 Å². The van der Waals surface area contributed by atoms with Crippen LogP contribution in [0.4, 0.5) is 22.7 Å². The summed E-state index contributed by atoms with van der Waals surface area (Å²) in [6, 6.07) is 43.5. The van der Waals surface area contributed by atoms with E-state index in [1.165, 1.54) is 16.7 Å². The van der Waals surface area contributed by atoms with Crippen molar-refractivity contribution in [2.45, 2.75) is 97.8 Å². The fourth-order valence-electron chi connectivity index (χ4n) is 6.82. The predicted molar refractivity (Wildman–Crippen MR) is 224 cm³/mol. The summed E-state index contributed by atoms with van der Waals surface area (Å²) in [6.45, 7) is 27.0. The molecule has 0 bridgehead atoms. The summed E-state index contributed by atoms with van der Waals surface area (Å²) >= 11 is 0. The van der Waals surface area contributed by atoms with Crippen molar-refractivity contribution in [2.24, 2.45) is 0 Å². The summed E-state index contributed by atoms with van der Waals surface area (Å²) in [4.78, 5) is 4.55. The number of nitrogens with zero attached hydrogens (tertiary/aromatic N) is 4. The molecule has 5 nitrogen and oxygen atoms in total. The van der Waals surface area contributed by atoms with Crippen LogP contribution < -0.4 is 14.5 Å². The SMILES string of the molecule is CC(C)(C)c1cc(Oc2[c-]c(-n3cc(C(C)(C)c4ccccc4)cn3)ccc2)[c-]c(N2[CH-]N(c3cc(C(C)(C)C)cc(C(C)(C)C)c3)c3ccccc32)c1.[Pt]. The molecule has 0 saturated heterocycles. The first-order valence-electron chi connectivity index (χ1n) is 19.0. The molecule has 0 fully saturated rings. The van der Waals surface area contributed by atoms with Gasteiger partial charge in [-0.1, -0.05) is 125 Å². The van der Waals surface area contributed by atoms with Gasteiger partial charge in [0.15, 0.2) is 0 Å². The second-order valence-corrected chi connectivity index (χ2v) is 18.1. The molecule has 0 unspecified atom stereocenters. The Balaban J connectivity index is 0.00000514. The van der Waals surface area contributed by atoms with Crippen molar-refractivity contribution >= 4 is 22.7 Å². The van der Waals surface area contributed by atoms with E-state index in [9.17, 15) is 0 Å². The van der Waals surface area contributed by atoms with Gasteiger partial charge in [-0.05, 0) is 62.9 Å². The van der Waals surface area contributed by atoms with Gasteiger partial charge in [0.1, 0.15) is 0 Å². The first-order valence-corrected chi connectivity index (χ1v) is 19.0. The molecule has 0 saturated carbocycles. The maximum absolute atomic E-state index is 6.62. The van der Waals surface area contributed by atoms with Gasteiger partial charge < -0.3 is 14.5 Å². The molecule has 288 valence electrons. The maximum atomic E-state index is 6.62. The summed E-state index contributed by atoms with van der Waals surface area (Å²) in [7, 11) is 0. The van der Waals surface area contributed by atoms with Crippen LogP contribution in [0.2, 0.25) is 0 Å². The maximum Gasteiger partial charge on any atom is 0.0534 e. The summed E-state index contributed by atoms with van der Waals surface area (Å²) in [5.41, 5.74) is 10.9.